The number of hydrogen-bond donors (Lipinski definition) is 0. The molecule has 0 aliphatic rings. The largest absolute Gasteiger partial charge is 1.00 e. The van der Waals surface area contributed by atoms with Gasteiger partial charge in [0.15, 0.2) is 6.00 Å². The Morgan fingerprint density at radius 1 is 0.920 bits per heavy atom. The first kappa shape index (κ1) is 22.1. The van der Waals surface area contributed by atoms with Crippen molar-refractivity contribution in [1.29, 1.82) is 0 Å². The summed E-state index contributed by atoms with van der Waals surface area (Å²) in [6.45, 7) is 0.972. The lowest BCUT2D eigenvalue weighted by molar-refractivity contribution is -0.879. The monoisotopic (exact) mass is 477 g/mol. The Bertz CT molecular complexity index is 634. The van der Waals surface area contributed by atoms with E-state index >= 15 is 0 Å². The highest BCUT2D eigenvalue weighted by Crippen LogP contribution is 2.25. The van der Waals surface area contributed by atoms with Crippen molar-refractivity contribution < 1.29 is 37.2 Å². The average Bonchev–Trinajstić information content (AvgIpc) is 2.57. The van der Waals surface area contributed by atoms with Gasteiger partial charge >= 0.3 is 0 Å². The minimum Gasteiger partial charge on any atom is -1.00 e. The lowest BCUT2D eigenvalue weighted by Crippen LogP contribution is -3.00. The van der Waals surface area contributed by atoms with E-state index in [9.17, 15) is 8.78 Å². The van der Waals surface area contributed by atoms with Crippen LogP contribution in [0.15, 0.2) is 54.6 Å². The molecule has 5 heteroatoms. The van der Waals surface area contributed by atoms with Crippen LogP contribution in [-0.4, -0.2) is 31.1 Å². The second-order valence-electron chi connectivity index (χ2n) is 6.55. The maximum absolute atomic E-state index is 13.2. The molecule has 0 heterocycles. The van der Waals surface area contributed by atoms with Gasteiger partial charge < -0.3 is 28.5 Å². The quantitative estimate of drug-likeness (QED) is 0.189. The maximum atomic E-state index is 13.2. The molecule has 0 N–H and O–H groups in total. The highest BCUT2D eigenvalue weighted by atomic mass is 127. The number of halogens is 4. The standard InChI is InChI=1S/C20H23ClF2N.HI/c1-24(2,15-21)14-4-3-5-20(16-6-10-18(22)11-7-16)17-8-12-19(23)13-9-17;/h5-13H,3-4,14-15H2,1-2H3;1H/q+1;/p-1. The van der Waals surface area contributed by atoms with Crippen LogP contribution in [-0.2, 0) is 0 Å². The Morgan fingerprint density at radius 3 is 1.76 bits per heavy atom. The summed E-state index contributed by atoms with van der Waals surface area (Å²) in [5.41, 5.74) is 2.84. The van der Waals surface area contributed by atoms with E-state index in [0.717, 1.165) is 40.6 Å². The molecular weight excluding hydrogens is 455 g/mol. The van der Waals surface area contributed by atoms with Crippen LogP contribution in [0.4, 0.5) is 8.78 Å². The Morgan fingerprint density at radius 2 is 1.36 bits per heavy atom. The van der Waals surface area contributed by atoms with E-state index in [1.54, 1.807) is 24.3 Å². The molecule has 0 saturated carbocycles. The molecule has 25 heavy (non-hydrogen) atoms. The summed E-state index contributed by atoms with van der Waals surface area (Å²) in [5, 5.41) is 0. The number of nitrogens with zero attached hydrogens (tertiary/aromatic N) is 1. The molecule has 2 aromatic carbocycles. The Kier molecular flexibility index (Phi) is 9.03. The summed E-state index contributed by atoms with van der Waals surface area (Å²) in [6, 6.07) is 13.4. The first-order valence-corrected chi connectivity index (χ1v) is 8.55. The number of quaternary nitrogens is 1. The van der Waals surface area contributed by atoms with Gasteiger partial charge in [0.1, 0.15) is 11.6 Å². The molecular formula is C20H23ClF2IN. The molecule has 2 rings (SSSR count). The Labute approximate surface area is 170 Å². The summed E-state index contributed by atoms with van der Waals surface area (Å²) in [4.78, 5) is 0. The van der Waals surface area contributed by atoms with Crippen LogP contribution < -0.4 is 24.0 Å². The molecule has 0 bridgehead atoms. The van der Waals surface area contributed by atoms with Gasteiger partial charge in [0.05, 0.1) is 20.6 Å². The van der Waals surface area contributed by atoms with Gasteiger partial charge in [-0.05, 0) is 47.4 Å². The van der Waals surface area contributed by atoms with Crippen molar-refractivity contribution in [3.63, 3.8) is 0 Å². The van der Waals surface area contributed by atoms with Crippen LogP contribution in [0.3, 0.4) is 0 Å². The van der Waals surface area contributed by atoms with Crippen molar-refractivity contribution in [2.75, 3.05) is 26.6 Å². The van der Waals surface area contributed by atoms with Crippen LogP contribution in [0.5, 0.6) is 0 Å². The van der Waals surface area contributed by atoms with Gasteiger partial charge in [0.2, 0.25) is 0 Å². The molecule has 0 fully saturated rings. The fourth-order valence-corrected chi connectivity index (χ4v) is 2.61. The molecule has 136 valence electrons. The number of hydrogen-bond acceptors (Lipinski definition) is 0. The molecule has 0 aliphatic heterocycles. The summed E-state index contributed by atoms with van der Waals surface area (Å²) >= 11 is 5.94. The highest BCUT2D eigenvalue weighted by molar-refractivity contribution is 6.16. The van der Waals surface area contributed by atoms with Crippen LogP contribution in [0.1, 0.15) is 24.0 Å². The number of benzene rings is 2. The van der Waals surface area contributed by atoms with Crippen molar-refractivity contribution in [2.24, 2.45) is 0 Å². The van der Waals surface area contributed by atoms with Crippen molar-refractivity contribution >= 4 is 17.2 Å². The van der Waals surface area contributed by atoms with Crippen molar-refractivity contribution in [1.82, 2.24) is 0 Å². The fourth-order valence-electron chi connectivity index (χ4n) is 2.49. The summed E-state index contributed by atoms with van der Waals surface area (Å²) in [7, 11) is 4.19. The predicted molar refractivity (Wildman–Crippen MR) is 96.8 cm³/mol. The average molecular weight is 478 g/mol. The minimum atomic E-state index is -0.265. The summed E-state index contributed by atoms with van der Waals surface area (Å²) < 4.78 is 27.2. The molecule has 0 unspecified atom stereocenters. The number of unbranched alkanes of at least 4 members (excludes halogenated alkanes) is 1. The number of alkyl halides is 1. The van der Waals surface area contributed by atoms with Crippen LogP contribution in [0, 0.1) is 11.6 Å². The van der Waals surface area contributed by atoms with Crippen molar-refractivity contribution in [3.8, 4) is 0 Å². The summed E-state index contributed by atoms with van der Waals surface area (Å²) in [6.07, 6.45) is 4.00. The topological polar surface area (TPSA) is 0 Å². The van der Waals surface area contributed by atoms with Crippen LogP contribution in [0.2, 0.25) is 0 Å². The van der Waals surface area contributed by atoms with E-state index < -0.39 is 0 Å². The van der Waals surface area contributed by atoms with Gasteiger partial charge in [-0.2, -0.15) is 0 Å². The molecule has 1 nitrogen and oxygen atoms in total. The SMILES string of the molecule is C[N+](C)(CCl)CCCC=C(c1ccc(F)cc1)c1ccc(F)cc1.[I-]. The number of allylic oxidation sites excluding steroid dienone is 1. The van der Waals surface area contributed by atoms with E-state index in [1.807, 2.05) is 0 Å². The van der Waals surface area contributed by atoms with Gasteiger partial charge in [0.25, 0.3) is 0 Å². The van der Waals surface area contributed by atoms with Gasteiger partial charge in [-0.1, -0.05) is 41.9 Å². The zero-order valence-electron chi connectivity index (χ0n) is 14.5. The smallest absolute Gasteiger partial charge is 0.154 e. The first-order chi connectivity index (χ1) is 11.4. The van der Waals surface area contributed by atoms with Crippen molar-refractivity contribution in [2.45, 2.75) is 12.8 Å². The van der Waals surface area contributed by atoms with Gasteiger partial charge in [0, 0.05) is 6.42 Å². The van der Waals surface area contributed by atoms with Gasteiger partial charge in [-0.3, -0.25) is 0 Å². The molecule has 0 radical (unpaired) electrons. The third-order valence-corrected chi connectivity index (χ3v) is 4.60. The maximum Gasteiger partial charge on any atom is 0.154 e. The Hall–Kier alpha value is -0.980. The van der Waals surface area contributed by atoms with E-state index in [-0.39, 0.29) is 35.6 Å². The second kappa shape index (κ2) is 10.2. The van der Waals surface area contributed by atoms with E-state index in [0.29, 0.717) is 6.00 Å². The van der Waals surface area contributed by atoms with Gasteiger partial charge in [-0.15, -0.1) is 0 Å². The number of rotatable bonds is 7. The molecule has 0 aromatic heterocycles. The molecule has 0 atom stereocenters. The molecule has 0 spiro atoms. The zero-order valence-corrected chi connectivity index (χ0v) is 17.4. The van der Waals surface area contributed by atoms with Crippen LogP contribution in [0.25, 0.3) is 5.57 Å². The Balaban J connectivity index is 0.00000312. The van der Waals surface area contributed by atoms with Gasteiger partial charge in [-0.25, -0.2) is 8.78 Å². The van der Waals surface area contributed by atoms with E-state index in [1.165, 1.54) is 24.3 Å². The highest BCUT2D eigenvalue weighted by Gasteiger charge is 2.12. The van der Waals surface area contributed by atoms with Crippen LogP contribution >= 0.6 is 11.6 Å². The molecule has 0 saturated heterocycles. The lowest BCUT2D eigenvalue weighted by Gasteiger charge is -2.26. The lowest BCUT2D eigenvalue weighted by atomic mass is 9.96. The molecule has 0 aliphatic carbocycles. The van der Waals surface area contributed by atoms with Crippen molar-refractivity contribution in [3.05, 3.63) is 77.4 Å². The predicted octanol–water partition coefficient (Wildman–Crippen LogP) is 2.45. The zero-order chi connectivity index (χ0) is 17.6. The summed E-state index contributed by atoms with van der Waals surface area (Å²) in [5.74, 6) is -0.531. The first-order valence-electron chi connectivity index (χ1n) is 8.01. The third-order valence-electron chi connectivity index (χ3n) is 3.95. The second-order valence-corrected chi connectivity index (χ2v) is 6.79. The minimum absolute atomic E-state index is 0. The van der Waals surface area contributed by atoms with E-state index in [4.69, 9.17) is 11.6 Å². The normalized spacial score (nSPS) is 10.9. The third kappa shape index (κ3) is 7.04. The molecule has 0 amide bonds. The molecule has 2 aromatic rings. The fraction of sp³-hybridized carbons (Fsp3) is 0.300. The van der Waals surface area contributed by atoms with E-state index in [2.05, 4.69) is 20.2 Å².